The minimum atomic E-state index is -0.492. The molecule has 0 spiro atoms. The monoisotopic (exact) mass is 195 g/mol. The van der Waals surface area contributed by atoms with Gasteiger partial charge in [-0.3, -0.25) is 9.59 Å². The highest BCUT2D eigenvalue weighted by Crippen LogP contribution is 2.31. The van der Waals surface area contributed by atoms with Crippen molar-refractivity contribution in [1.82, 2.24) is 0 Å². The molecular weight excluding hydrogens is 186 g/mol. The number of benzene rings is 1. The predicted octanol–water partition coefficient (Wildman–Crippen LogP) is 0.869. The molecule has 0 saturated carbocycles. The lowest BCUT2D eigenvalue weighted by atomic mass is 10.2. The van der Waals surface area contributed by atoms with E-state index in [1.165, 1.54) is 13.0 Å². The summed E-state index contributed by atoms with van der Waals surface area (Å²) in [5, 5.41) is 20.7. The van der Waals surface area contributed by atoms with Crippen LogP contribution in [0, 0.1) is 0 Å². The van der Waals surface area contributed by atoms with Crippen molar-refractivity contribution in [2.24, 2.45) is 0 Å². The summed E-state index contributed by atoms with van der Waals surface area (Å²) in [7, 11) is 0. The molecule has 14 heavy (non-hydrogen) atoms. The van der Waals surface area contributed by atoms with Gasteiger partial charge in [-0.2, -0.15) is 0 Å². The van der Waals surface area contributed by atoms with Crippen molar-refractivity contribution in [3.8, 4) is 11.5 Å². The van der Waals surface area contributed by atoms with E-state index < -0.39 is 11.5 Å². The zero-order chi connectivity index (χ0) is 10.7. The van der Waals surface area contributed by atoms with Crippen LogP contribution < -0.4 is 5.32 Å². The fourth-order valence-electron chi connectivity index (χ4n) is 1.01. The second-order valence-corrected chi connectivity index (χ2v) is 2.73. The number of rotatable bonds is 2. The highest BCUT2D eigenvalue weighted by Gasteiger charge is 2.08. The zero-order valence-electron chi connectivity index (χ0n) is 7.44. The number of aldehydes is 1. The number of anilines is 1. The molecular formula is C9H9NO4. The van der Waals surface area contributed by atoms with Gasteiger partial charge in [0.2, 0.25) is 5.91 Å². The van der Waals surface area contributed by atoms with Crippen molar-refractivity contribution < 1.29 is 19.8 Å². The third-order valence-corrected chi connectivity index (χ3v) is 1.57. The zero-order valence-corrected chi connectivity index (χ0v) is 7.44. The maximum atomic E-state index is 10.7. The summed E-state index contributed by atoms with van der Waals surface area (Å²) in [6.45, 7) is 1.30. The number of carbonyl (C=O) groups excluding carboxylic acids is 2. The molecule has 0 radical (unpaired) electrons. The van der Waals surface area contributed by atoms with Gasteiger partial charge in [0.05, 0.1) is 5.56 Å². The van der Waals surface area contributed by atoms with E-state index in [0.29, 0.717) is 6.29 Å². The van der Waals surface area contributed by atoms with Crippen LogP contribution in [0.5, 0.6) is 11.5 Å². The number of nitrogens with one attached hydrogen (secondary N) is 1. The number of phenols is 2. The average Bonchev–Trinajstić information content (AvgIpc) is 2.10. The Morgan fingerprint density at radius 3 is 2.57 bits per heavy atom. The lowest BCUT2D eigenvalue weighted by molar-refractivity contribution is -0.114. The molecule has 0 saturated heterocycles. The molecule has 0 aliphatic rings. The first-order chi connectivity index (χ1) is 6.54. The average molecular weight is 195 g/mol. The van der Waals surface area contributed by atoms with Gasteiger partial charge in [0.25, 0.3) is 0 Å². The van der Waals surface area contributed by atoms with Crippen LogP contribution in [-0.4, -0.2) is 22.4 Å². The Kier molecular flexibility index (Phi) is 2.71. The minimum Gasteiger partial charge on any atom is -0.504 e. The second kappa shape index (κ2) is 3.78. The number of hydrogen-bond donors (Lipinski definition) is 3. The van der Waals surface area contributed by atoms with Gasteiger partial charge in [-0.25, -0.2) is 0 Å². The Labute approximate surface area is 80.0 Å². The summed E-state index contributed by atoms with van der Waals surface area (Å²) in [6, 6.07) is 2.42. The summed E-state index contributed by atoms with van der Waals surface area (Å²) in [4.78, 5) is 21.1. The Hall–Kier alpha value is -2.04. The Morgan fingerprint density at radius 2 is 2.07 bits per heavy atom. The number of hydrogen-bond acceptors (Lipinski definition) is 4. The molecule has 0 bridgehead atoms. The fourth-order valence-corrected chi connectivity index (χ4v) is 1.01. The molecule has 0 aromatic heterocycles. The quantitative estimate of drug-likeness (QED) is 0.371. The molecule has 0 heterocycles. The Bertz CT molecular complexity index is 387. The van der Waals surface area contributed by atoms with Crippen LogP contribution in [0.25, 0.3) is 0 Å². The number of aromatic hydroxyl groups is 2. The molecule has 5 heteroatoms. The molecule has 1 aromatic rings. The molecule has 1 rings (SSSR count). The van der Waals surface area contributed by atoms with Gasteiger partial charge in [0, 0.05) is 18.7 Å². The molecule has 0 aliphatic heterocycles. The van der Waals surface area contributed by atoms with Crippen molar-refractivity contribution in [3.63, 3.8) is 0 Å². The smallest absolute Gasteiger partial charge is 0.221 e. The van der Waals surface area contributed by atoms with Gasteiger partial charge in [-0.05, 0) is 6.07 Å². The normalized spacial score (nSPS) is 9.50. The lowest BCUT2D eigenvalue weighted by Crippen LogP contribution is -2.05. The van der Waals surface area contributed by atoms with E-state index in [2.05, 4.69) is 5.32 Å². The van der Waals surface area contributed by atoms with Gasteiger partial charge < -0.3 is 15.5 Å². The fraction of sp³-hybridized carbons (Fsp3) is 0.111. The van der Waals surface area contributed by atoms with E-state index in [1.807, 2.05) is 0 Å². The van der Waals surface area contributed by atoms with E-state index in [0.717, 1.165) is 6.07 Å². The van der Waals surface area contributed by atoms with E-state index in [9.17, 15) is 9.59 Å². The molecule has 0 unspecified atom stereocenters. The maximum absolute atomic E-state index is 10.7. The van der Waals surface area contributed by atoms with Crippen LogP contribution in [0.1, 0.15) is 17.3 Å². The van der Waals surface area contributed by atoms with Crippen molar-refractivity contribution in [2.45, 2.75) is 6.92 Å². The van der Waals surface area contributed by atoms with E-state index >= 15 is 0 Å². The standard InChI is InChI=1S/C9H9NO4/c1-5(12)10-7-2-6(4-11)9(14)8(13)3-7/h2-4,13-14H,1H3,(H,10,12). The molecule has 74 valence electrons. The van der Waals surface area contributed by atoms with Crippen molar-refractivity contribution >= 4 is 17.9 Å². The first-order valence-electron chi connectivity index (χ1n) is 3.83. The summed E-state index contributed by atoms with van der Waals surface area (Å²) >= 11 is 0. The van der Waals surface area contributed by atoms with E-state index in [-0.39, 0.29) is 17.2 Å². The second-order valence-electron chi connectivity index (χ2n) is 2.73. The van der Waals surface area contributed by atoms with Crippen molar-refractivity contribution in [3.05, 3.63) is 17.7 Å². The molecule has 3 N–H and O–H groups in total. The van der Waals surface area contributed by atoms with Crippen LogP contribution >= 0.6 is 0 Å². The van der Waals surface area contributed by atoms with Crippen LogP contribution in [-0.2, 0) is 4.79 Å². The van der Waals surface area contributed by atoms with Crippen LogP contribution in [0.2, 0.25) is 0 Å². The van der Waals surface area contributed by atoms with Gasteiger partial charge in [0.15, 0.2) is 17.8 Å². The molecule has 0 aliphatic carbocycles. The van der Waals surface area contributed by atoms with Crippen LogP contribution in [0.15, 0.2) is 12.1 Å². The van der Waals surface area contributed by atoms with Crippen LogP contribution in [0.3, 0.4) is 0 Å². The molecule has 5 nitrogen and oxygen atoms in total. The van der Waals surface area contributed by atoms with Gasteiger partial charge >= 0.3 is 0 Å². The molecule has 0 fully saturated rings. The summed E-state index contributed by atoms with van der Waals surface area (Å²) < 4.78 is 0. The molecule has 0 atom stereocenters. The topological polar surface area (TPSA) is 86.6 Å². The van der Waals surface area contributed by atoms with Gasteiger partial charge in [-0.15, -0.1) is 0 Å². The highest BCUT2D eigenvalue weighted by atomic mass is 16.3. The predicted molar refractivity (Wildman–Crippen MR) is 49.5 cm³/mol. The Balaban J connectivity index is 3.15. The lowest BCUT2D eigenvalue weighted by Gasteiger charge is -2.05. The van der Waals surface area contributed by atoms with Crippen molar-refractivity contribution in [1.29, 1.82) is 0 Å². The molecule has 1 aromatic carbocycles. The van der Waals surface area contributed by atoms with Gasteiger partial charge in [-0.1, -0.05) is 0 Å². The summed E-state index contributed by atoms with van der Waals surface area (Å²) in [5.41, 5.74) is 0.184. The van der Waals surface area contributed by atoms with Crippen molar-refractivity contribution in [2.75, 3.05) is 5.32 Å². The highest BCUT2D eigenvalue weighted by molar-refractivity contribution is 5.91. The third kappa shape index (κ3) is 2.01. The minimum absolute atomic E-state index is 0.0752. The summed E-state index contributed by atoms with van der Waals surface area (Å²) in [5.74, 6) is -1.26. The first-order valence-corrected chi connectivity index (χ1v) is 3.83. The maximum Gasteiger partial charge on any atom is 0.221 e. The molecule has 1 amide bonds. The largest absolute Gasteiger partial charge is 0.504 e. The van der Waals surface area contributed by atoms with E-state index in [1.54, 1.807) is 0 Å². The van der Waals surface area contributed by atoms with Crippen LogP contribution in [0.4, 0.5) is 5.69 Å². The number of carbonyl (C=O) groups is 2. The van der Waals surface area contributed by atoms with Gasteiger partial charge in [0.1, 0.15) is 0 Å². The number of amides is 1. The SMILES string of the molecule is CC(=O)Nc1cc(O)c(O)c(C=O)c1. The summed E-state index contributed by atoms with van der Waals surface area (Å²) in [6.07, 6.45) is 0.389. The Morgan fingerprint density at radius 1 is 1.43 bits per heavy atom. The van der Waals surface area contributed by atoms with E-state index in [4.69, 9.17) is 10.2 Å². The third-order valence-electron chi connectivity index (χ3n) is 1.57. The first kappa shape index (κ1) is 10.0. The number of phenolic OH excluding ortho intramolecular Hbond substituents is 2.